The van der Waals surface area contributed by atoms with Gasteiger partial charge in [0, 0.05) is 6.07 Å². The highest BCUT2D eigenvalue weighted by Gasteiger charge is 2.10. The van der Waals surface area contributed by atoms with Gasteiger partial charge >= 0.3 is 5.97 Å². The first kappa shape index (κ1) is 9.97. The number of hydrogen-bond donors (Lipinski definition) is 2. The molecular weight excluding hydrogens is 219 g/mol. The first-order valence-electron chi connectivity index (χ1n) is 4.14. The van der Waals surface area contributed by atoms with Crippen molar-refractivity contribution in [2.24, 2.45) is 0 Å². The predicted molar refractivity (Wildman–Crippen MR) is 54.6 cm³/mol. The van der Waals surface area contributed by atoms with Crippen LogP contribution in [0.2, 0.25) is 0 Å². The van der Waals surface area contributed by atoms with Gasteiger partial charge in [0.05, 0.1) is 11.0 Å². The zero-order valence-corrected chi connectivity index (χ0v) is 8.41. The van der Waals surface area contributed by atoms with Gasteiger partial charge in [-0.2, -0.15) is 0 Å². The summed E-state index contributed by atoms with van der Waals surface area (Å²) in [5, 5.41) is 8.93. The van der Waals surface area contributed by atoms with Crippen LogP contribution in [0.1, 0.15) is 0 Å². The number of aliphatic carboxylic acids is 1. The maximum atomic E-state index is 12.8. The topological polar surface area (TPSA) is 55.1 Å². The van der Waals surface area contributed by atoms with Crippen LogP contribution in [0.3, 0.4) is 0 Å². The van der Waals surface area contributed by atoms with E-state index in [1.54, 1.807) is 0 Å². The van der Waals surface area contributed by atoms with Gasteiger partial charge in [0.2, 0.25) is 0 Å². The Kier molecular flexibility index (Phi) is 2.36. The van der Waals surface area contributed by atoms with Crippen molar-refractivity contribution in [2.45, 2.75) is 11.7 Å². The van der Waals surface area contributed by atoms with Crippen LogP contribution in [0.4, 0.5) is 4.39 Å². The van der Waals surface area contributed by atoms with Gasteiger partial charge in [-0.15, -0.1) is 12.6 Å². The fraction of sp³-hybridized carbons (Fsp3) is 0.111. The summed E-state index contributed by atoms with van der Waals surface area (Å²) in [7, 11) is 0. The molecule has 0 aliphatic heterocycles. The Labute approximate surface area is 89.8 Å². The summed E-state index contributed by atoms with van der Waals surface area (Å²) >= 11 is 4.03. The summed E-state index contributed by atoms with van der Waals surface area (Å²) in [6.07, 6.45) is 0. The second-order valence-electron chi connectivity index (χ2n) is 3.02. The fourth-order valence-electron chi connectivity index (χ4n) is 1.38. The summed E-state index contributed by atoms with van der Waals surface area (Å²) in [6.45, 7) is -0.235. The van der Waals surface area contributed by atoms with E-state index in [0.29, 0.717) is 11.0 Å². The fourth-order valence-corrected chi connectivity index (χ4v) is 1.67. The molecule has 0 amide bonds. The van der Waals surface area contributed by atoms with Crippen LogP contribution in [-0.2, 0) is 11.3 Å². The number of carbonyl (C=O) groups is 1. The number of carboxylic acid groups (broad SMARTS) is 1. The molecule has 0 saturated heterocycles. The number of aromatic nitrogens is 2. The zero-order chi connectivity index (χ0) is 11.0. The maximum absolute atomic E-state index is 12.8. The van der Waals surface area contributed by atoms with Gasteiger partial charge < -0.3 is 9.67 Å². The molecular formula is C9H7FN2O2S. The van der Waals surface area contributed by atoms with Crippen molar-refractivity contribution in [1.29, 1.82) is 0 Å². The highest BCUT2D eigenvalue weighted by molar-refractivity contribution is 7.80. The third-order valence-electron chi connectivity index (χ3n) is 1.98. The Bertz CT molecular complexity index is 538. The molecule has 0 aliphatic rings. The van der Waals surface area contributed by atoms with E-state index in [1.165, 1.54) is 22.8 Å². The predicted octanol–water partition coefficient (Wildman–Crippen LogP) is 1.55. The molecule has 0 atom stereocenters. The number of nitrogens with zero attached hydrogens (tertiary/aromatic N) is 2. The van der Waals surface area contributed by atoms with Crippen molar-refractivity contribution in [1.82, 2.24) is 9.55 Å². The van der Waals surface area contributed by atoms with Gasteiger partial charge in [-0.25, -0.2) is 9.37 Å². The van der Waals surface area contributed by atoms with Gasteiger partial charge in [0.1, 0.15) is 12.4 Å². The Morgan fingerprint density at radius 2 is 2.33 bits per heavy atom. The summed E-state index contributed by atoms with van der Waals surface area (Å²) in [5.74, 6) is -1.40. The van der Waals surface area contributed by atoms with Crippen molar-refractivity contribution in [3.05, 3.63) is 24.0 Å². The van der Waals surface area contributed by atoms with E-state index in [9.17, 15) is 9.18 Å². The van der Waals surface area contributed by atoms with E-state index in [2.05, 4.69) is 17.6 Å². The van der Waals surface area contributed by atoms with E-state index in [1.807, 2.05) is 0 Å². The highest BCUT2D eigenvalue weighted by Crippen LogP contribution is 2.19. The molecule has 15 heavy (non-hydrogen) atoms. The Morgan fingerprint density at radius 3 is 3.00 bits per heavy atom. The number of fused-ring (bicyclic) bond motifs is 1. The molecule has 0 radical (unpaired) electrons. The SMILES string of the molecule is O=C(O)Cn1c(S)nc2cc(F)ccc21. The van der Waals surface area contributed by atoms with E-state index >= 15 is 0 Å². The summed E-state index contributed by atoms with van der Waals surface area (Å²) in [6, 6.07) is 3.99. The second-order valence-corrected chi connectivity index (χ2v) is 3.42. The largest absolute Gasteiger partial charge is 0.480 e. The highest BCUT2D eigenvalue weighted by atomic mass is 32.1. The van der Waals surface area contributed by atoms with Crippen molar-refractivity contribution in [3.8, 4) is 0 Å². The lowest BCUT2D eigenvalue weighted by molar-refractivity contribution is -0.137. The molecule has 6 heteroatoms. The number of imidazole rings is 1. The lowest BCUT2D eigenvalue weighted by Gasteiger charge is -2.01. The quantitative estimate of drug-likeness (QED) is 0.764. The Hall–Kier alpha value is -1.56. The summed E-state index contributed by atoms with van der Waals surface area (Å²) in [4.78, 5) is 14.5. The molecule has 1 heterocycles. The lowest BCUT2D eigenvalue weighted by atomic mass is 10.3. The number of rotatable bonds is 2. The van der Waals surface area contributed by atoms with Gasteiger partial charge in [0.25, 0.3) is 0 Å². The van der Waals surface area contributed by atoms with E-state index in [4.69, 9.17) is 5.11 Å². The molecule has 0 saturated carbocycles. The lowest BCUT2D eigenvalue weighted by Crippen LogP contribution is -2.08. The third-order valence-corrected chi connectivity index (χ3v) is 2.32. The average Bonchev–Trinajstić information content (AvgIpc) is 2.41. The van der Waals surface area contributed by atoms with Crippen molar-refractivity contribution < 1.29 is 14.3 Å². The maximum Gasteiger partial charge on any atom is 0.323 e. The molecule has 0 unspecified atom stereocenters. The minimum Gasteiger partial charge on any atom is -0.480 e. The van der Waals surface area contributed by atoms with Gasteiger partial charge in [0.15, 0.2) is 5.16 Å². The van der Waals surface area contributed by atoms with Gasteiger partial charge in [-0.05, 0) is 12.1 Å². The Balaban J connectivity index is 2.63. The summed E-state index contributed by atoms with van der Waals surface area (Å²) in [5.41, 5.74) is 0.963. The smallest absolute Gasteiger partial charge is 0.323 e. The van der Waals surface area contributed by atoms with Crippen molar-refractivity contribution in [2.75, 3.05) is 0 Å². The van der Waals surface area contributed by atoms with E-state index in [0.717, 1.165) is 0 Å². The molecule has 0 fully saturated rings. The molecule has 1 N–H and O–H groups in total. The molecule has 0 spiro atoms. The van der Waals surface area contributed by atoms with Crippen LogP contribution in [0.15, 0.2) is 23.4 Å². The van der Waals surface area contributed by atoms with Crippen LogP contribution >= 0.6 is 12.6 Å². The van der Waals surface area contributed by atoms with E-state index in [-0.39, 0.29) is 11.7 Å². The molecule has 0 bridgehead atoms. The Morgan fingerprint density at radius 1 is 1.60 bits per heavy atom. The van der Waals surface area contributed by atoms with Crippen molar-refractivity contribution >= 4 is 29.6 Å². The molecule has 78 valence electrons. The van der Waals surface area contributed by atoms with Crippen molar-refractivity contribution in [3.63, 3.8) is 0 Å². The van der Waals surface area contributed by atoms with Crippen LogP contribution in [0.5, 0.6) is 0 Å². The first-order valence-corrected chi connectivity index (χ1v) is 4.59. The molecule has 2 aromatic rings. The monoisotopic (exact) mass is 226 g/mol. The molecule has 0 aliphatic carbocycles. The van der Waals surface area contributed by atoms with Gasteiger partial charge in [-0.3, -0.25) is 4.79 Å². The van der Waals surface area contributed by atoms with Crippen LogP contribution in [0.25, 0.3) is 11.0 Å². The number of carboxylic acids is 1. The van der Waals surface area contributed by atoms with Crippen LogP contribution in [0, 0.1) is 5.82 Å². The number of benzene rings is 1. The number of hydrogen-bond acceptors (Lipinski definition) is 3. The number of halogens is 1. The standard InChI is InChI=1S/C9H7FN2O2S/c10-5-1-2-7-6(3-5)11-9(15)12(7)4-8(13)14/h1-3H,4H2,(H,11,15)(H,13,14). The first-order chi connectivity index (χ1) is 7.08. The van der Waals surface area contributed by atoms with Gasteiger partial charge in [-0.1, -0.05) is 0 Å². The number of thiol groups is 1. The minimum absolute atomic E-state index is 0.235. The van der Waals surface area contributed by atoms with Crippen LogP contribution < -0.4 is 0 Å². The molecule has 2 rings (SSSR count). The zero-order valence-electron chi connectivity index (χ0n) is 7.51. The van der Waals surface area contributed by atoms with E-state index < -0.39 is 11.8 Å². The van der Waals surface area contributed by atoms with Crippen LogP contribution in [-0.4, -0.2) is 20.6 Å². The second kappa shape index (κ2) is 3.54. The summed E-state index contributed by atoms with van der Waals surface area (Å²) < 4.78 is 14.3. The third kappa shape index (κ3) is 1.80. The molecule has 1 aromatic heterocycles. The normalized spacial score (nSPS) is 10.8. The molecule has 1 aromatic carbocycles. The minimum atomic E-state index is -0.992. The average molecular weight is 226 g/mol. The molecule has 4 nitrogen and oxygen atoms in total.